The highest BCUT2D eigenvalue weighted by Gasteiger charge is 2.29. The Kier molecular flexibility index (Phi) is 5.24. The second-order valence-corrected chi connectivity index (χ2v) is 8.12. The van der Waals surface area contributed by atoms with E-state index in [1.54, 1.807) is 26.0 Å². The van der Waals surface area contributed by atoms with Crippen LogP contribution in [0.15, 0.2) is 41.2 Å². The van der Waals surface area contributed by atoms with Crippen molar-refractivity contribution in [3.05, 3.63) is 57.7 Å². The number of piperazine rings is 1. The third kappa shape index (κ3) is 3.49. The Labute approximate surface area is 190 Å². The fourth-order valence-electron chi connectivity index (χ4n) is 4.52. The van der Waals surface area contributed by atoms with Crippen LogP contribution in [0.3, 0.4) is 0 Å². The number of hydrogen-bond acceptors (Lipinski definition) is 7. The SMILES string of the molecule is CCOC(=O)c1c2n(c3nc(N4CCN(C(C)=O)CC4)ccc3c1=O)-c1ccccc1CN2. The third-order valence-electron chi connectivity index (χ3n) is 6.21. The molecule has 0 saturated carbocycles. The lowest BCUT2D eigenvalue weighted by molar-refractivity contribution is -0.129. The molecule has 170 valence electrons. The number of hydrogen-bond donors (Lipinski definition) is 1. The number of nitrogens with zero attached hydrogens (tertiary/aromatic N) is 4. The molecule has 9 heteroatoms. The van der Waals surface area contributed by atoms with Gasteiger partial charge in [-0.25, -0.2) is 9.78 Å². The van der Waals surface area contributed by atoms with Gasteiger partial charge >= 0.3 is 5.97 Å². The summed E-state index contributed by atoms with van der Waals surface area (Å²) in [4.78, 5) is 46.6. The minimum atomic E-state index is -0.649. The van der Waals surface area contributed by atoms with Crippen LogP contribution in [0.25, 0.3) is 16.7 Å². The number of esters is 1. The van der Waals surface area contributed by atoms with Crippen molar-refractivity contribution in [1.29, 1.82) is 0 Å². The molecule has 0 aliphatic carbocycles. The van der Waals surface area contributed by atoms with Gasteiger partial charge in [0.15, 0.2) is 5.65 Å². The van der Waals surface area contributed by atoms with E-state index in [0.29, 0.717) is 49.6 Å². The largest absolute Gasteiger partial charge is 0.462 e. The van der Waals surface area contributed by atoms with Gasteiger partial charge in [0.1, 0.15) is 17.2 Å². The van der Waals surface area contributed by atoms with Gasteiger partial charge < -0.3 is 19.9 Å². The van der Waals surface area contributed by atoms with Crippen LogP contribution in [-0.4, -0.2) is 59.1 Å². The molecule has 4 heterocycles. The van der Waals surface area contributed by atoms with E-state index in [0.717, 1.165) is 17.1 Å². The Balaban J connectivity index is 1.70. The highest BCUT2D eigenvalue weighted by Crippen LogP contribution is 2.32. The summed E-state index contributed by atoms with van der Waals surface area (Å²) in [6, 6.07) is 11.4. The zero-order valence-electron chi connectivity index (χ0n) is 18.6. The van der Waals surface area contributed by atoms with Crippen molar-refractivity contribution in [2.45, 2.75) is 20.4 Å². The van der Waals surface area contributed by atoms with Crippen LogP contribution in [-0.2, 0) is 16.1 Å². The monoisotopic (exact) mass is 447 g/mol. The lowest BCUT2D eigenvalue weighted by atomic mass is 10.1. The molecule has 1 N–H and O–H groups in total. The zero-order valence-corrected chi connectivity index (χ0v) is 18.6. The molecule has 0 atom stereocenters. The number of pyridine rings is 2. The van der Waals surface area contributed by atoms with E-state index in [-0.39, 0.29) is 18.1 Å². The maximum absolute atomic E-state index is 13.4. The van der Waals surface area contributed by atoms with E-state index in [4.69, 9.17) is 9.72 Å². The average Bonchev–Trinajstić information content (AvgIpc) is 2.83. The number of para-hydroxylation sites is 1. The van der Waals surface area contributed by atoms with Crippen molar-refractivity contribution >= 4 is 34.5 Å². The summed E-state index contributed by atoms with van der Waals surface area (Å²) in [5, 5.41) is 3.59. The van der Waals surface area contributed by atoms with Crippen molar-refractivity contribution in [3.8, 4) is 5.69 Å². The van der Waals surface area contributed by atoms with Crippen molar-refractivity contribution in [2.24, 2.45) is 0 Å². The van der Waals surface area contributed by atoms with Gasteiger partial charge in [-0.05, 0) is 30.7 Å². The highest BCUT2D eigenvalue weighted by molar-refractivity contribution is 6.00. The second-order valence-electron chi connectivity index (χ2n) is 8.12. The number of benzene rings is 1. The lowest BCUT2D eigenvalue weighted by Gasteiger charge is -2.35. The molecule has 3 aromatic rings. The molecule has 0 unspecified atom stereocenters. The molecule has 2 aliphatic rings. The standard InChI is InChI=1S/C24H25N5O4/c1-3-33-24(32)20-21(31)17-8-9-19(28-12-10-27(11-13-28)15(2)30)26-22(17)29-18-7-5-4-6-16(18)14-25-23(20)29/h4-9,25H,3,10-14H2,1-2H3. The van der Waals surface area contributed by atoms with Gasteiger partial charge in [0.05, 0.1) is 17.7 Å². The molecule has 1 aromatic carbocycles. The predicted molar refractivity (Wildman–Crippen MR) is 125 cm³/mol. The summed E-state index contributed by atoms with van der Waals surface area (Å²) in [5.41, 5.74) is 1.97. The predicted octanol–water partition coefficient (Wildman–Crippen LogP) is 2.16. The molecule has 1 fully saturated rings. The van der Waals surface area contributed by atoms with Crippen LogP contribution in [0, 0.1) is 0 Å². The van der Waals surface area contributed by atoms with Crippen molar-refractivity contribution < 1.29 is 14.3 Å². The number of ether oxygens (including phenoxy) is 1. The molecular formula is C24H25N5O4. The first-order chi connectivity index (χ1) is 16.0. The molecular weight excluding hydrogens is 422 g/mol. The van der Waals surface area contributed by atoms with E-state index < -0.39 is 11.4 Å². The highest BCUT2D eigenvalue weighted by atomic mass is 16.5. The topological polar surface area (TPSA) is 96.8 Å². The van der Waals surface area contributed by atoms with Crippen molar-refractivity contribution in [3.63, 3.8) is 0 Å². The summed E-state index contributed by atoms with van der Waals surface area (Å²) in [5.74, 6) is 0.544. The summed E-state index contributed by atoms with van der Waals surface area (Å²) in [7, 11) is 0. The molecule has 0 spiro atoms. The summed E-state index contributed by atoms with van der Waals surface area (Å²) in [6.07, 6.45) is 0. The molecule has 1 amide bonds. The molecule has 0 bridgehead atoms. The molecule has 9 nitrogen and oxygen atoms in total. The molecule has 0 radical (unpaired) electrons. The van der Waals surface area contributed by atoms with E-state index in [9.17, 15) is 14.4 Å². The van der Waals surface area contributed by atoms with E-state index in [2.05, 4.69) is 10.2 Å². The fraction of sp³-hybridized carbons (Fsp3) is 0.333. The normalized spacial score (nSPS) is 15.0. The summed E-state index contributed by atoms with van der Waals surface area (Å²) < 4.78 is 7.05. The van der Waals surface area contributed by atoms with E-state index >= 15 is 0 Å². The first-order valence-electron chi connectivity index (χ1n) is 11.1. The molecule has 5 rings (SSSR count). The Morgan fingerprint density at radius 2 is 1.85 bits per heavy atom. The van der Waals surface area contributed by atoms with Gasteiger partial charge in [-0.2, -0.15) is 0 Å². The third-order valence-corrected chi connectivity index (χ3v) is 6.21. The summed E-state index contributed by atoms with van der Waals surface area (Å²) >= 11 is 0. The van der Waals surface area contributed by atoms with Crippen LogP contribution in [0.1, 0.15) is 29.8 Å². The maximum atomic E-state index is 13.4. The van der Waals surface area contributed by atoms with Crippen LogP contribution in [0.2, 0.25) is 0 Å². The first kappa shape index (κ1) is 21.0. The quantitative estimate of drug-likeness (QED) is 0.615. The number of fused-ring (bicyclic) bond motifs is 5. The van der Waals surface area contributed by atoms with Gasteiger partial charge in [-0.15, -0.1) is 0 Å². The molecule has 2 aromatic heterocycles. The molecule has 33 heavy (non-hydrogen) atoms. The van der Waals surface area contributed by atoms with E-state index in [1.165, 1.54) is 0 Å². The van der Waals surface area contributed by atoms with E-state index in [1.807, 2.05) is 33.7 Å². The van der Waals surface area contributed by atoms with Gasteiger partial charge in [-0.3, -0.25) is 14.2 Å². The smallest absolute Gasteiger partial charge is 0.345 e. The number of aromatic nitrogens is 2. The zero-order chi connectivity index (χ0) is 23.1. The number of nitrogens with one attached hydrogen (secondary N) is 1. The van der Waals surface area contributed by atoms with Gasteiger partial charge in [0, 0.05) is 39.6 Å². The Morgan fingerprint density at radius 1 is 1.09 bits per heavy atom. The average molecular weight is 447 g/mol. The van der Waals surface area contributed by atoms with Gasteiger partial charge in [0.2, 0.25) is 11.3 Å². The molecule has 2 aliphatic heterocycles. The lowest BCUT2D eigenvalue weighted by Crippen LogP contribution is -2.48. The van der Waals surface area contributed by atoms with Crippen LogP contribution in [0.5, 0.6) is 0 Å². The van der Waals surface area contributed by atoms with Crippen LogP contribution < -0.4 is 15.6 Å². The van der Waals surface area contributed by atoms with Gasteiger partial charge in [0.25, 0.3) is 0 Å². The number of carbonyl (C=O) groups is 2. The number of anilines is 2. The molecule has 1 saturated heterocycles. The summed E-state index contributed by atoms with van der Waals surface area (Å²) in [6.45, 7) is 6.52. The van der Waals surface area contributed by atoms with Crippen LogP contribution >= 0.6 is 0 Å². The van der Waals surface area contributed by atoms with Crippen LogP contribution in [0.4, 0.5) is 11.6 Å². The van der Waals surface area contributed by atoms with Crippen molar-refractivity contribution in [2.75, 3.05) is 43.0 Å². The maximum Gasteiger partial charge on any atom is 0.345 e. The van der Waals surface area contributed by atoms with Gasteiger partial charge in [-0.1, -0.05) is 18.2 Å². The minimum absolute atomic E-state index is 0.0107. The number of amides is 1. The first-order valence-corrected chi connectivity index (χ1v) is 11.1. The van der Waals surface area contributed by atoms with Crippen molar-refractivity contribution in [1.82, 2.24) is 14.5 Å². The number of carbonyl (C=O) groups excluding carboxylic acids is 2. The number of rotatable bonds is 3. The fourth-order valence-corrected chi connectivity index (χ4v) is 4.52. The Morgan fingerprint density at radius 3 is 2.58 bits per heavy atom. The Hall–Kier alpha value is -3.88. The second kappa shape index (κ2) is 8.23. The minimum Gasteiger partial charge on any atom is -0.462 e. The Bertz CT molecular complexity index is 1320.